The number of para-hydroxylation sites is 1. The third-order valence-corrected chi connectivity index (χ3v) is 6.80. The van der Waals surface area contributed by atoms with Crippen molar-refractivity contribution < 1.29 is 0 Å². The Labute approximate surface area is 133 Å². The molecule has 2 aromatic rings. The molecule has 1 heterocycles. The Morgan fingerprint density at radius 1 is 0.818 bits per heavy atom. The topological polar surface area (TPSA) is 4.93 Å². The summed E-state index contributed by atoms with van der Waals surface area (Å²) in [5.41, 5.74) is 4.94. The van der Waals surface area contributed by atoms with Crippen LogP contribution in [-0.4, -0.2) is 4.57 Å². The quantitative estimate of drug-likeness (QED) is 0.639. The van der Waals surface area contributed by atoms with Crippen LogP contribution in [0.5, 0.6) is 0 Å². The van der Waals surface area contributed by atoms with Gasteiger partial charge >= 0.3 is 0 Å². The van der Waals surface area contributed by atoms with E-state index in [0.717, 1.165) is 17.9 Å². The van der Waals surface area contributed by atoms with Crippen LogP contribution in [0.2, 0.25) is 0 Å². The van der Waals surface area contributed by atoms with Crippen molar-refractivity contribution in [1.29, 1.82) is 0 Å². The van der Waals surface area contributed by atoms with Crippen molar-refractivity contribution in [3.8, 4) is 0 Å². The number of rotatable bonds is 1. The van der Waals surface area contributed by atoms with Gasteiger partial charge in [-0.3, -0.25) is 0 Å². The highest BCUT2D eigenvalue weighted by atomic mass is 15.0. The molecule has 0 aliphatic heterocycles. The minimum atomic E-state index is 0.792. The Morgan fingerprint density at radius 3 is 2.36 bits per heavy atom. The highest BCUT2D eigenvalue weighted by Crippen LogP contribution is 2.49. The van der Waals surface area contributed by atoms with Crippen molar-refractivity contribution in [2.75, 3.05) is 0 Å². The molecule has 0 radical (unpaired) electrons. The maximum absolute atomic E-state index is 2.81. The van der Waals surface area contributed by atoms with Gasteiger partial charge in [0.15, 0.2) is 0 Å². The first kappa shape index (κ1) is 13.2. The SMILES string of the molecule is c1ccc2c(c1)c1c(n2C2CC3CCCCC3C2)CCCC1. The largest absolute Gasteiger partial charge is 0.341 e. The van der Waals surface area contributed by atoms with Crippen molar-refractivity contribution in [3.05, 3.63) is 35.5 Å². The molecule has 1 nitrogen and oxygen atoms in total. The van der Waals surface area contributed by atoms with Crippen LogP contribution < -0.4 is 0 Å². The van der Waals surface area contributed by atoms with E-state index in [2.05, 4.69) is 28.8 Å². The molecule has 0 saturated heterocycles. The molecule has 2 unspecified atom stereocenters. The van der Waals surface area contributed by atoms with Gasteiger partial charge < -0.3 is 4.57 Å². The van der Waals surface area contributed by atoms with Crippen LogP contribution in [0.3, 0.4) is 0 Å². The molecular weight excluding hydrogens is 266 g/mol. The van der Waals surface area contributed by atoms with Crippen molar-refractivity contribution >= 4 is 10.9 Å². The molecule has 2 fully saturated rings. The first-order chi connectivity index (χ1) is 10.9. The van der Waals surface area contributed by atoms with Gasteiger partial charge in [0.1, 0.15) is 0 Å². The first-order valence-corrected chi connectivity index (χ1v) is 9.52. The number of aryl methyl sites for hydroxylation is 1. The van der Waals surface area contributed by atoms with E-state index in [9.17, 15) is 0 Å². The van der Waals surface area contributed by atoms with Gasteiger partial charge in [-0.15, -0.1) is 0 Å². The van der Waals surface area contributed by atoms with Gasteiger partial charge in [0.05, 0.1) is 0 Å². The molecule has 0 N–H and O–H groups in total. The summed E-state index contributed by atoms with van der Waals surface area (Å²) in [6, 6.07) is 10.0. The van der Waals surface area contributed by atoms with Gasteiger partial charge in [-0.05, 0) is 62.0 Å². The summed E-state index contributed by atoms with van der Waals surface area (Å²) < 4.78 is 2.81. The number of nitrogens with zero attached hydrogens (tertiary/aromatic N) is 1. The number of benzene rings is 1. The van der Waals surface area contributed by atoms with Crippen molar-refractivity contribution in [2.24, 2.45) is 11.8 Å². The van der Waals surface area contributed by atoms with E-state index >= 15 is 0 Å². The fourth-order valence-electron chi connectivity index (χ4n) is 5.86. The van der Waals surface area contributed by atoms with Crippen LogP contribution >= 0.6 is 0 Å². The number of hydrogen-bond acceptors (Lipinski definition) is 0. The van der Waals surface area contributed by atoms with Crippen LogP contribution in [0.4, 0.5) is 0 Å². The van der Waals surface area contributed by atoms with Crippen LogP contribution in [0, 0.1) is 11.8 Å². The van der Waals surface area contributed by atoms with E-state index in [4.69, 9.17) is 0 Å². The van der Waals surface area contributed by atoms with E-state index in [0.29, 0.717) is 0 Å². The summed E-state index contributed by atoms with van der Waals surface area (Å²) in [6.07, 6.45) is 14.3. The van der Waals surface area contributed by atoms with Gasteiger partial charge in [-0.2, -0.15) is 0 Å². The molecule has 1 aromatic carbocycles. The number of fused-ring (bicyclic) bond motifs is 4. The summed E-state index contributed by atoms with van der Waals surface area (Å²) in [7, 11) is 0. The second kappa shape index (κ2) is 5.15. The molecule has 0 spiro atoms. The van der Waals surface area contributed by atoms with E-state index in [1.54, 1.807) is 16.6 Å². The van der Waals surface area contributed by atoms with E-state index in [-0.39, 0.29) is 0 Å². The zero-order valence-corrected chi connectivity index (χ0v) is 13.6. The monoisotopic (exact) mass is 293 g/mol. The predicted molar refractivity (Wildman–Crippen MR) is 92.3 cm³/mol. The Morgan fingerprint density at radius 2 is 1.55 bits per heavy atom. The summed E-state index contributed by atoms with van der Waals surface area (Å²) >= 11 is 0. The third kappa shape index (κ3) is 1.90. The molecule has 3 aliphatic carbocycles. The van der Waals surface area contributed by atoms with Gasteiger partial charge in [0, 0.05) is 22.6 Å². The van der Waals surface area contributed by atoms with Crippen molar-refractivity contribution in [3.63, 3.8) is 0 Å². The van der Waals surface area contributed by atoms with E-state index in [1.807, 2.05) is 0 Å². The molecule has 22 heavy (non-hydrogen) atoms. The lowest BCUT2D eigenvalue weighted by atomic mass is 9.82. The molecule has 3 aliphatic rings. The molecule has 2 saturated carbocycles. The Bertz CT molecular complexity index is 681. The highest BCUT2D eigenvalue weighted by Gasteiger charge is 2.38. The summed E-state index contributed by atoms with van der Waals surface area (Å²) in [6.45, 7) is 0. The Hall–Kier alpha value is -1.24. The fourth-order valence-corrected chi connectivity index (χ4v) is 5.86. The smallest absolute Gasteiger partial charge is 0.0487 e. The summed E-state index contributed by atoms with van der Waals surface area (Å²) in [5.74, 6) is 2.05. The lowest BCUT2D eigenvalue weighted by Gasteiger charge is -2.23. The second-order valence-corrected chi connectivity index (χ2v) is 7.95. The van der Waals surface area contributed by atoms with Gasteiger partial charge in [0.2, 0.25) is 0 Å². The van der Waals surface area contributed by atoms with E-state index < -0.39 is 0 Å². The molecule has 2 atom stereocenters. The van der Waals surface area contributed by atoms with Crippen LogP contribution in [0.15, 0.2) is 24.3 Å². The maximum Gasteiger partial charge on any atom is 0.0487 e. The number of hydrogen-bond donors (Lipinski definition) is 0. The van der Waals surface area contributed by atoms with Gasteiger partial charge in [-0.1, -0.05) is 43.9 Å². The van der Waals surface area contributed by atoms with E-state index in [1.165, 1.54) is 69.7 Å². The third-order valence-electron chi connectivity index (χ3n) is 6.80. The molecule has 5 rings (SSSR count). The predicted octanol–water partition coefficient (Wildman–Crippen LogP) is 5.66. The lowest BCUT2D eigenvalue weighted by molar-refractivity contribution is 0.277. The fraction of sp³-hybridized carbons (Fsp3) is 0.619. The molecule has 1 aromatic heterocycles. The lowest BCUT2D eigenvalue weighted by Crippen LogP contribution is -2.12. The van der Waals surface area contributed by atoms with Crippen molar-refractivity contribution in [2.45, 2.75) is 70.3 Å². The summed E-state index contributed by atoms with van der Waals surface area (Å²) in [4.78, 5) is 0. The highest BCUT2D eigenvalue weighted by molar-refractivity contribution is 5.86. The first-order valence-electron chi connectivity index (χ1n) is 9.52. The van der Waals surface area contributed by atoms with Crippen LogP contribution in [0.25, 0.3) is 10.9 Å². The minimum Gasteiger partial charge on any atom is -0.341 e. The normalized spacial score (nSPS) is 31.2. The molecule has 0 bridgehead atoms. The second-order valence-electron chi connectivity index (χ2n) is 7.95. The average Bonchev–Trinajstić information content (AvgIpc) is 3.13. The number of aromatic nitrogens is 1. The van der Waals surface area contributed by atoms with Gasteiger partial charge in [0.25, 0.3) is 0 Å². The maximum atomic E-state index is 2.81. The zero-order chi connectivity index (χ0) is 14.5. The molecule has 0 amide bonds. The average molecular weight is 293 g/mol. The molecular formula is C21H27N. The summed E-state index contributed by atoms with van der Waals surface area (Å²) in [5, 5.41) is 1.56. The standard InChI is InChI=1S/C21H27N/c1-2-8-16-14-17(13-15(16)7-1)22-20-11-5-3-9-18(20)19-10-4-6-12-21(19)22/h3,5,9,11,15-17H,1-2,4,6-8,10,12-14H2. The molecule has 116 valence electrons. The Kier molecular flexibility index (Phi) is 3.09. The Balaban J connectivity index is 1.62. The molecule has 1 heteroatoms. The van der Waals surface area contributed by atoms with Crippen molar-refractivity contribution in [1.82, 2.24) is 4.57 Å². The zero-order valence-electron chi connectivity index (χ0n) is 13.6. The van der Waals surface area contributed by atoms with Crippen LogP contribution in [0.1, 0.15) is 68.7 Å². The van der Waals surface area contributed by atoms with Crippen LogP contribution in [-0.2, 0) is 12.8 Å². The minimum absolute atomic E-state index is 0.792. The van der Waals surface area contributed by atoms with Gasteiger partial charge in [-0.25, -0.2) is 0 Å².